The number of carboxylic acids is 1. The zero-order valence-electron chi connectivity index (χ0n) is 10.8. The fourth-order valence-electron chi connectivity index (χ4n) is 2.17. The van der Waals surface area contributed by atoms with Gasteiger partial charge in [-0.3, -0.25) is 9.59 Å². The van der Waals surface area contributed by atoms with Gasteiger partial charge in [0.25, 0.3) is 5.91 Å². The molecule has 1 unspecified atom stereocenters. The van der Waals surface area contributed by atoms with Gasteiger partial charge in [0.2, 0.25) is 0 Å². The van der Waals surface area contributed by atoms with E-state index in [0.29, 0.717) is 24.9 Å². The standard InChI is InChI=1S/C14H17NO4/c1-2-15-14(18)9-3-5-12-10(7-9)8-11(19-12)4-6-13(16)17/h3,5,7,11H,2,4,6,8H2,1H3,(H,15,18)(H,16,17). The third kappa shape index (κ3) is 3.24. The van der Waals surface area contributed by atoms with Gasteiger partial charge < -0.3 is 15.2 Å². The second-order valence-electron chi connectivity index (χ2n) is 4.56. The Morgan fingerprint density at radius 1 is 1.47 bits per heavy atom. The minimum absolute atomic E-state index is 0.0979. The topological polar surface area (TPSA) is 75.6 Å². The Balaban J connectivity index is 2.03. The largest absolute Gasteiger partial charge is 0.490 e. The van der Waals surface area contributed by atoms with Crippen molar-refractivity contribution in [2.45, 2.75) is 32.3 Å². The second-order valence-corrected chi connectivity index (χ2v) is 4.56. The minimum Gasteiger partial charge on any atom is -0.490 e. The Morgan fingerprint density at radius 3 is 2.95 bits per heavy atom. The number of rotatable bonds is 5. The van der Waals surface area contributed by atoms with Gasteiger partial charge in [-0.05, 0) is 37.1 Å². The Bertz CT molecular complexity index is 498. The molecule has 0 aliphatic carbocycles. The summed E-state index contributed by atoms with van der Waals surface area (Å²) in [7, 11) is 0. The number of hydrogen-bond acceptors (Lipinski definition) is 3. The Morgan fingerprint density at radius 2 is 2.26 bits per heavy atom. The maximum absolute atomic E-state index is 11.7. The molecule has 0 spiro atoms. The fourth-order valence-corrected chi connectivity index (χ4v) is 2.17. The van der Waals surface area contributed by atoms with Crippen molar-refractivity contribution in [3.05, 3.63) is 29.3 Å². The van der Waals surface area contributed by atoms with E-state index in [0.717, 1.165) is 11.3 Å². The highest BCUT2D eigenvalue weighted by atomic mass is 16.5. The van der Waals surface area contributed by atoms with Gasteiger partial charge in [0.1, 0.15) is 11.9 Å². The molecule has 1 atom stereocenters. The number of carbonyl (C=O) groups is 2. The maximum Gasteiger partial charge on any atom is 0.303 e. The van der Waals surface area contributed by atoms with Crippen molar-refractivity contribution in [3.8, 4) is 5.75 Å². The van der Waals surface area contributed by atoms with E-state index in [-0.39, 0.29) is 18.4 Å². The molecular formula is C14H17NO4. The monoisotopic (exact) mass is 263 g/mol. The highest BCUT2D eigenvalue weighted by Crippen LogP contribution is 2.31. The van der Waals surface area contributed by atoms with Crippen molar-refractivity contribution in [2.75, 3.05) is 6.54 Å². The lowest BCUT2D eigenvalue weighted by molar-refractivity contribution is -0.137. The summed E-state index contributed by atoms with van der Waals surface area (Å²) in [5, 5.41) is 11.4. The zero-order valence-corrected chi connectivity index (χ0v) is 10.8. The van der Waals surface area contributed by atoms with Crippen LogP contribution in [0, 0.1) is 0 Å². The molecule has 5 heteroatoms. The first-order valence-corrected chi connectivity index (χ1v) is 6.39. The van der Waals surface area contributed by atoms with Crippen LogP contribution in [0.2, 0.25) is 0 Å². The molecule has 0 saturated carbocycles. The Hall–Kier alpha value is -2.04. The average molecular weight is 263 g/mol. The van der Waals surface area contributed by atoms with Crippen LogP contribution in [-0.2, 0) is 11.2 Å². The third-order valence-electron chi connectivity index (χ3n) is 3.08. The lowest BCUT2D eigenvalue weighted by atomic mass is 10.0. The second kappa shape index (κ2) is 5.73. The van der Waals surface area contributed by atoms with Crippen LogP contribution < -0.4 is 10.1 Å². The number of amides is 1. The first-order chi connectivity index (χ1) is 9.10. The average Bonchev–Trinajstić information content (AvgIpc) is 2.78. The van der Waals surface area contributed by atoms with Crippen LogP contribution >= 0.6 is 0 Å². The quantitative estimate of drug-likeness (QED) is 0.846. The summed E-state index contributed by atoms with van der Waals surface area (Å²) in [6.45, 7) is 2.46. The Labute approximate surface area is 111 Å². The van der Waals surface area contributed by atoms with E-state index in [2.05, 4.69) is 5.32 Å². The molecule has 2 rings (SSSR count). The van der Waals surface area contributed by atoms with Crippen molar-refractivity contribution in [2.24, 2.45) is 0 Å². The molecule has 1 aromatic carbocycles. The summed E-state index contributed by atoms with van der Waals surface area (Å²) in [6.07, 6.45) is 1.15. The molecule has 1 aliphatic heterocycles. The van der Waals surface area contributed by atoms with E-state index < -0.39 is 5.97 Å². The van der Waals surface area contributed by atoms with Crippen LogP contribution in [0.1, 0.15) is 35.7 Å². The molecule has 1 heterocycles. The number of carbonyl (C=O) groups excluding carboxylic acids is 1. The van der Waals surface area contributed by atoms with Gasteiger partial charge in [0.15, 0.2) is 0 Å². The summed E-state index contributed by atoms with van der Waals surface area (Å²) < 4.78 is 5.66. The van der Waals surface area contributed by atoms with E-state index in [4.69, 9.17) is 9.84 Å². The van der Waals surface area contributed by atoms with Crippen molar-refractivity contribution in [1.82, 2.24) is 5.32 Å². The summed E-state index contributed by atoms with van der Waals surface area (Å²) >= 11 is 0. The summed E-state index contributed by atoms with van der Waals surface area (Å²) in [6, 6.07) is 5.32. The van der Waals surface area contributed by atoms with Crippen molar-refractivity contribution >= 4 is 11.9 Å². The number of nitrogens with one attached hydrogen (secondary N) is 1. The molecule has 2 N–H and O–H groups in total. The van der Waals surface area contributed by atoms with E-state index >= 15 is 0 Å². The first-order valence-electron chi connectivity index (χ1n) is 6.39. The number of aliphatic carboxylic acids is 1. The highest BCUT2D eigenvalue weighted by molar-refractivity contribution is 5.94. The van der Waals surface area contributed by atoms with Crippen LogP contribution in [0.4, 0.5) is 0 Å². The maximum atomic E-state index is 11.7. The van der Waals surface area contributed by atoms with Gasteiger partial charge in [-0.15, -0.1) is 0 Å². The fraction of sp³-hybridized carbons (Fsp3) is 0.429. The Kier molecular flexibility index (Phi) is 4.04. The van der Waals surface area contributed by atoms with Crippen molar-refractivity contribution < 1.29 is 19.4 Å². The summed E-state index contributed by atoms with van der Waals surface area (Å²) in [4.78, 5) is 22.2. The number of fused-ring (bicyclic) bond motifs is 1. The lowest BCUT2D eigenvalue weighted by Crippen LogP contribution is -2.22. The third-order valence-corrected chi connectivity index (χ3v) is 3.08. The van der Waals surface area contributed by atoms with Gasteiger partial charge >= 0.3 is 5.97 Å². The molecule has 1 aliphatic rings. The molecule has 1 aromatic rings. The van der Waals surface area contributed by atoms with Crippen molar-refractivity contribution in [3.63, 3.8) is 0 Å². The summed E-state index contributed by atoms with van der Waals surface area (Å²) in [5.41, 5.74) is 1.59. The van der Waals surface area contributed by atoms with Crippen LogP contribution in [-0.4, -0.2) is 29.6 Å². The number of benzene rings is 1. The molecular weight excluding hydrogens is 246 g/mol. The normalized spacial score (nSPS) is 16.6. The van der Waals surface area contributed by atoms with Gasteiger partial charge in [-0.25, -0.2) is 0 Å². The van der Waals surface area contributed by atoms with Gasteiger partial charge in [-0.2, -0.15) is 0 Å². The lowest BCUT2D eigenvalue weighted by Gasteiger charge is -2.08. The SMILES string of the molecule is CCNC(=O)c1ccc2c(c1)CC(CCC(=O)O)O2. The predicted molar refractivity (Wildman–Crippen MR) is 69.4 cm³/mol. The van der Waals surface area contributed by atoms with E-state index in [1.165, 1.54) is 0 Å². The molecule has 5 nitrogen and oxygen atoms in total. The van der Waals surface area contributed by atoms with E-state index in [1.807, 2.05) is 13.0 Å². The zero-order chi connectivity index (χ0) is 13.8. The highest BCUT2D eigenvalue weighted by Gasteiger charge is 2.24. The van der Waals surface area contributed by atoms with Crippen LogP contribution in [0.5, 0.6) is 5.75 Å². The smallest absolute Gasteiger partial charge is 0.303 e. The van der Waals surface area contributed by atoms with Gasteiger partial charge in [0.05, 0.1) is 0 Å². The molecule has 0 aromatic heterocycles. The molecule has 1 amide bonds. The number of ether oxygens (including phenoxy) is 1. The van der Waals surface area contributed by atoms with Gasteiger partial charge in [-0.1, -0.05) is 0 Å². The molecule has 0 saturated heterocycles. The van der Waals surface area contributed by atoms with Crippen molar-refractivity contribution in [1.29, 1.82) is 0 Å². The molecule has 0 radical (unpaired) electrons. The molecule has 0 fully saturated rings. The molecule has 19 heavy (non-hydrogen) atoms. The minimum atomic E-state index is -0.817. The van der Waals surface area contributed by atoms with E-state index in [9.17, 15) is 9.59 Å². The first kappa shape index (κ1) is 13.4. The van der Waals surface area contributed by atoms with Gasteiger partial charge in [0, 0.05) is 24.9 Å². The molecule has 0 bridgehead atoms. The molecule has 102 valence electrons. The number of carboxylic acid groups (broad SMARTS) is 1. The van der Waals surface area contributed by atoms with E-state index in [1.54, 1.807) is 12.1 Å². The number of hydrogen-bond donors (Lipinski definition) is 2. The van der Waals surface area contributed by atoms with Crippen LogP contribution in [0.3, 0.4) is 0 Å². The predicted octanol–water partition coefficient (Wildman–Crippen LogP) is 1.60. The van der Waals surface area contributed by atoms with Crippen LogP contribution in [0.15, 0.2) is 18.2 Å². The summed E-state index contributed by atoms with van der Waals surface area (Å²) in [5.74, 6) is -0.162. The van der Waals surface area contributed by atoms with Crippen LogP contribution in [0.25, 0.3) is 0 Å².